The molecule has 0 fully saturated rings. The van der Waals surface area contributed by atoms with E-state index >= 15 is 0 Å². The van der Waals surface area contributed by atoms with Crippen molar-refractivity contribution in [2.75, 3.05) is 29.1 Å². The molecule has 0 unspecified atom stereocenters. The highest BCUT2D eigenvalue weighted by molar-refractivity contribution is 7.92. The molecule has 3 aromatic carbocycles. The quantitative estimate of drug-likeness (QED) is 0.475. The Balaban J connectivity index is 1.64. The zero-order valence-electron chi connectivity index (χ0n) is 19.0. The van der Waals surface area contributed by atoms with Crippen LogP contribution >= 0.6 is 11.6 Å². The number of fused-ring (bicyclic) bond motifs is 1. The van der Waals surface area contributed by atoms with Crippen LogP contribution in [0.2, 0.25) is 5.02 Å². The number of halogens is 1. The molecule has 0 saturated carbocycles. The first-order chi connectivity index (χ1) is 16.6. The fourth-order valence-electron chi connectivity index (χ4n) is 3.77. The minimum Gasteiger partial charge on any atom is -0.486 e. The van der Waals surface area contributed by atoms with Gasteiger partial charge in [-0.15, -0.1) is 0 Å². The van der Waals surface area contributed by atoms with Crippen LogP contribution in [0.25, 0.3) is 0 Å². The summed E-state index contributed by atoms with van der Waals surface area (Å²) in [6, 6.07) is 16.6. The third-order valence-electron chi connectivity index (χ3n) is 5.39. The first-order valence-corrected chi connectivity index (χ1v) is 13.0. The van der Waals surface area contributed by atoms with Gasteiger partial charge in [0, 0.05) is 22.2 Å². The van der Waals surface area contributed by atoms with Crippen molar-refractivity contribution in [3.63, 3.8) is 0 Å². The lowest BCUT2D eigenvalue weighted by Gasteiger charge is -2.29. The van der Waals surface area contributed by atoms with Crippen LogP contribution in [0.4, 0.5) is 11.4 Å². The van der Waals surface area contributed by atoms with E-state index in [1.807, 2.05) is 0 Å². The summed E-state index contributed by atoms with van der Waals surface area (Å²) in [7, 11) is -3.87. The topological polar surface area (TPSA) is 102 Å². The molecule has 1 aliphatic rings. The number of carbonyl (C=O) groups excluding carboxylic acids is 2. The summed E-state index contributed by atoms with van der Waals surface area (Å²) in [6.07, 6.45) is 1.01. The van der Waals surface area contributed by atoms with Gasteiger partial charge in [-0.3, -0.25) is 13.9 Å². The van der Waals surface area contributed by atoms with E-state index in [-0.39, 0.29) is 22.7 Å². The molecule has 10 heteroatoms. The molecule has 0 saturated heterocycles. The maximum Gasteiger partial charge on any atom is 0.248 e. The third-order valence-corrected chi connectivity index (χ3v) is 6.87. The van der Waals surface area contributed by atoms with Gasteiger partial charge in [0.2, 0.25) is 15.9 Å². The van der Waals surface area contributed by atoms with Gasteiger partial charge in [-0.05, 0) is 37.3 Å². The van der Waals surface area contributed by atoms with Gasteiger partial charge in [0.05, 0.1) is 17.6 Å². The standard InChI is InChI=1S/C25H23ClN2O6S/c1-16(28(35(2,31)32)19-9-11-22-23(15-19)34-13-12-33-22)25(30)27-21-10-8-18(26)14-20(21)24(29)17-6-4-3-5-7-17/h3-11,14-16H,12-13H2,1-2H3,(H,27,30)/t16-/m0/s1. The predicted octanol–water partition coefficient (Wildman–Crippen LogP) is 4.14. The van der Waals surface area contributed by atoms with Crippen molar-refractivity contribution in [1.29, 1.82) is 0 Å². The molecular weight excluding hydrogens is 492 g/mol. The predicted molar refractivity (Wildman–Crippen MR) is 134 cm³/mol. The van der Waals surface area contributed by atoms with Gasteiger partial charge in [-0.25, -0.2) is 8.42 Å². The second kappa shape index (κ2) is 9.97. The Bertz CT molecular complexity index is 1380. The van der Waals surface area contributed by atoms with Crippen molar-refractivity contribution in [3.05, 3.63) is 82.9 Å². The molecule has 1 N–H and O–H groups in total. The molecule has 1 heterocycles. The number of ketones is 1. The Morgan fingerprint density at radius 3 is 2.34 bits per heavy atom. The van der Waals surface area contributed by atoms with Gasteiger partial charge in [-0.1, -0.05) is 41.9 Å². The lowest BCUT2D eigenvalue weighted by molar-refractivity contribution is -0.116. The average Bonchev–Trinajstić information content (AvgIpc) is 2.84. The SMILES string of the molecule is C[C@@H](C(=O)Nc1ccc(Cl)cc1C(=O)c1ccccc1)N(c1ccc2c(c1)OCCO2)S(C)(=O)=O. The van der Waals surface area contributed by atoms with E-state index in [1.54, 1.807) is 48.5 Å². The summed E-state index contributed by atoms with van der Waals surface area (Å²) in [5.41, 5.74) is 1.08. The molecule has 1 amide bonds. The van der Waals surface area contributed by atoms with Crippen LogP contribution in [0.5, 0.6) is 11.5 Å². The number of anilines is 2. The maximum atomic E-state index is 13.2. The normalized spacial score (nSPS) is 13.6. The van der Waals surface area contributed by atoms with Gasteiger partial charge >= 0.3 is 0 Å². The number of hydrogen-bond acceptors (Lipinski definition) is 6. The van der Waals surface area contributed by atoms with Crippen LogP contribution in [0.15, 0.2) is 66.7 Å². The second-order valence-corrected chi connectivity index (χ2v) is 10.2. The third kappa shape index (κ3) is 5.41. The fourth-order valence-corrected chi connectivity index (χ4v) is 5.11. The Morgan fingerprint density at radius 2 is 1.66 bits per heavy atom. The van der Waals surface area contributed by atoms with Crippen LogP contribution < -0.4 is 19.1 Å². The van der Waals surface area contributed by atoms with Crippen molar-refractivity contribution in [2.45, 2.75) is 13.0 Å². The molecule has 1 aliphatic heterocycles. The smallest absolute Gasteiger partial charge is 0.248 e. The number of sulfonamides is 1. The zero-order chi connectivity index (χ0) is 25.2. The molecule has 3 aromatic rings. The monoisotopic (exact) mass is 514 g/mol. The van der Waals surface area contributed by atoms with Crippen LogP contribution in [-0.2, 0) is 14.8 Å². The summed E-state index contributed by atoms with van der Waals surface area (Å²) in [5, 5.41) is 3.02. The molecule has 1 atom stereocenters. The molecule has 182 valence electrons. The number of carbonyl (C=O) groups is 2. The number of hydrogen-bond donors (Lipinski definition) is 1. The molecule has 8 nitrogen and oxygen atoms in total. The highest BCUT2D eigenvalue weighted by Crippen LogP contribution is 2.35. The number of nitrogens with one attached hydrogen (secondary N) is 1. The zero-order valence-corrected chi connectivity index (χ0v) is 20.6. The van der Waals surface area contributed by atoms with Crippen molar-refractivity contribution in [3.8, 4) is 11.5 Å². The van der Waals surface area contributed by atoms with Gasteiger partial charge in [0.1, 0.15) is 19.3 Å². The van der Waals surface area contributed by atoms with Crippen LogP contribution in [-0.4, -0.2) is 45.6 Å². The van der Waals surface area contributed by atoms with E-state index in [0.29, 0.717) is 35.3 Å². The van der Waals surface area contributed by atoms with Crippen molar-refractivity contribution < 1.29 is 27.5 Å². The molecule has 0 radical (unpaired) electrons. The van der Waals surface area contributed by atoms with Crippen LogP contribution in [0, 0.1) is 0 Å². The number of nitrogens with zero attached hydrogens (tertiary/aromatic N) is 1. The first-order valence-electron chi connectivity index (χ1n) is 10.7. The van der Waals surface area contributed by atoms with Crippen LogP contribution in [0.1, 0.15) is 22.8 Å². The first kappa shape index (κ1) is 24.6. The summed E-state index contributed by atoms with van der Waals surface area (Å²) in [6.45, 7) is 2.19. The van der Waals surface area contributed by atoms with Gasteiger partial charge in [0.15, 0.2) is 17.3 Å². The Morgan fingerprint density at radius 1 is 0.971 bits per heavy atom. The van der Waals surface area contributed by atoms with E-state index in [4.69, 9.17) is 21.1 Å². The summed E-state index contributed by atoms with van der Waals surface area (Å²) in [5.74, 6) is -0.0724. The molecule has 0 spiro atoms. The largest absolute Gasteiger partial charge is 0.486 e. The van der Waals surface area contributed by atoms with Gasteiger partial charge in [-0.2, -0.15) is 0 Å². The molecule has 0 bridgehead atoms. The van der Waals surface area contributed by atoms with Crippen LogP contribution in [0.3, 0.4) is 0 Å². The molecule has 4 rings (SSSR count). The Labute approximate surface area is 208 Å². The minimum absolute atomic E-state index is 0.189. The molecule has 0 aromatic heterocycles. The van der Waals surface area contributed by atoms with E-state index < -0.39 is 22.0 Å². The fraction of sp³-hybridized carbons (Fsp3) is 0.200. The van der Waals surface area contributed by atoms with Crippen molar-refractivity contribution in [1.82, 2.24) is 0 Å². The maximum absolute atomic E-state index is 13.2. The molecule has 35 heavy (non-hydrogen) atoms. The highest BCUT2D eigenvalue weighted by atomic mass is 35.5. The Kier molecular flexibility index (Phi) is 7.00. The van der Waals surface area contributed by atoms with E-state index in [0.717, 1.165) is 10.6 Å². The Hall–Kier alpha value is -3.56. The highest BCUT2D eigenvalue weighted by Gasteiger charge is 2.31. The van der Waals surface area contributed by atoms with E-state index in [2.05, 4.69) is 5.32 Å². The summed E-state index contributed by atoms with van der Waals surface area (Å²) >= 11 is 6.12. The number of benzene rings is 3. The summed E-state index contributed by atoms with van der Waals surface area (Å²) in [4.78, 5) is 26.3. The molecular formula is C25H23ClN2O6S. The number of ether oxygens (including phenoxy) is 2. The van der Waals surface area contributed by atoms with Gasteiger partial charge in [0.25, 0.3) is 0 Å². The van der Waals surface area contributed by atoms with Gasteiger partial charge < -0.3 is 14.8 Å². The average molecular weight is 515 g/mol. The second-order valence-electron chi connectivity index (χ2n) is 7.94. The number of amides is 1. The van der Waals surface area contributed by atoms with E-state index in [9.17, 15) is 18.0 Å². The number of rotatable bonds is 7. The summed E-state index contributed by atoms with van der Waals surface area (Å²) < 4.78 is 37.5. The van der Waals surface area contributed by atoms with E-state index in [1.165, 1.54) is 25.1 Å². The van der Waals surface area contributed by atoms with Crippen molar-refractivity contribution in [2.24, 2.45) is 0 Å². The minimum atomic E-state index is -3.87. The molecule has 0 aliphatic carbocycles. The van der Waals surface area contributed by atoms with Crippen molar-refractivity contribution >= 4 is 44.7 Å². The lowest BCUT2D eigenvalue weighted by Crippen LogP contribution is -2.45. The lowest BCUT2D eigenvalue weighted by atomic mass is 10.0.